The molecule has 0 atom stereocenters. The van der Waals surface area contributed by atoms with Crippen molar-refractivity contribution in [3.63, 3.8) is 0 Å². The van der Waals surface area contributed by atoms with Crippen molar-refractivity contribution >= 4 is 28.7 Å². The highest BCUT2D eigenvalue weighted by molar-refractivity contribution is 6.00. The fourth-order valence-corrected chi connectivity index (χ4v) is 2.54. The Morgan fingerprint density at radius 3 is 2.81 bits per heavy atom. The molecule has 7 nitrogen and oxygen atoms in total. The van der Waals surface area contributed by atoms with Gasteiger partial charge in [0.05, 0.1) is 24.4 Å². The maximum atomic E-state index is 12.2. The molecule has 0 radical (unpaired) electrons. The first-order valence-corrected chi connectivity index (χ1v) is 8.24. The summed E-state index contributed by atoms with van der Waals surface area (Å²) in [6.45, 7) is 4.16. The lowest BCUT2D eigenvalue weighted by molar-refractivity contribution is 0.0527. The van der Waals surface area contributed by atoms with Gasteiger partial charge in [-0.05, 0) is 38.1 Å². The van der Waals surface area contributed by atoms with Gasteiger partial charge in [-0.3, -0.25) is 0 Å². The highest BCUT2D eigenvalue weighted by Gasteiger charge is 2.14. The Kier molecular flexibility index (Phi) is 5.17. The zero-order valence-electron chi connectivity index (χ0n) is 14.5. The Morgan fingerprint density at radius 2 is 2.00 bits per heavy atom. The largest absolute Gasteiger partial charge is 0.462 e. The zero-order valence-corrected chi connectivity index (χ0v) is 14.5. The van der Waals surface area contributed by atoms with E-state index in [9.17, 15) is 9.59 Å². The number of carbonyl (C=O) groups excluding carboxylic acids is 2. The number of amides is 2. The highest BCUT2D eigenvalue weighted by Crippen LogP contribution is 2.20. The van der Waals surface area contributed by atoms with Gasteiger partial charge in [-0.2, -0.15) is 0 Å². The standard InChI is InChI=1S/C19H19N3O4/c1-3-25-18(23)13-6-4-5-7-15(13)21-19(24)20-11-16-14-10-12(2)8-9-17(14)26-22-16/h4-10H,3,11H2,1-2H3,(H2,20,21,24). The number of aryl methyl sites for hydroxylation is 1. The number of esters is 1. The minimum atomic E-state index is -0.485. The second-order valence-corrected chi connectivity index (χ2v) is 5.70. The first kappa shape index (κ1) is 17.5. The van der Waals surface area contributed by atoms with E-state index in [1.54, 1.807) is 31.2 Å². The van der Waals surface area contributed by atoms with Crippen molar-refractivity contribution in [1.29, 1.82) is 0 Å². The Morgan fingerprint density at radius 1 is 1.19 bits per heavy atom. The number of ether oxygens (including phenoxy) is 1. The number of urea groups is 1. The molecule has 0 saturated carbocycles. The molecule has 3 aromatic rings. The third kappa shape index (κ3) is 3.83. The van der Waals surface area contributed by atoms with Crippen LogP contribution in [0.1, 0.15) is 28.5 Å². The Hall–Kier alpha value is -3.35. The summed E-state index contributed by atoms with van der Waals surface area (Å²) in [7, 11) is 0. The predicted molar refractivity (Wildman–Crippen MR) is 97.0 cm³/mol. The van der Waals surface area contributed by atoms with E-state index in [2.05, 4.69) is 15.8 Å². The SMILES string of the molecule is CCOC(=O)c1ccccc1NC(=O)NCc1noc2ccc(C)cc12. The van der Waals surface area contributed by atoms with E-state index < -0.39 is 12.0 Å². The normalized spacial score (nSPS) is 10.5. The van der Waals surface area contributed by atoms with Crippen molar-refractivity contribution < 1.29 is 18.8 Å². The van der Waals surface area contributed by atoms with Gasteiger partial charge in [0.25, 0.3) is 0 Å². The van der Waals surface area contributed by atoms with E-state index in [-0.39, 0.29) is 13.2 Å². The van der Waals surface area contributed by atoms with Gasteiger partial charge in [-0.15, -0.1) is 0 Å². The quantitative estimate of drug-likeness (QED) is 0.683. The topological polar surface area (TPSA) is 93.5 Å². The molecule has 2 N–H and O–H groups in total. The Balaban J connectivity index is 1.68. The van der Waals surface area contributed by atoms with E-state index in [0.717, 1.165) is 10.9 Å². The molecule has 0 aliphatic carbocycles. The van der Waals surface area contributed by atoms with Crippen molar-refractivity contribution in [3.05, 3.63) is 59.3 Å². The fraction of sp³-hybridized carbons (Fsp3) is 0.211. The van der Waals surface area contributed by atoms with Crippen molar-refractivity contribution in [2.45, 2.75) is 20.4 Å². The molecular weight excluding hydrogens is 334 g/mol. The average molecular weight is 353 g/mol. The van der Waals surface area contributed by atoms with Gasteiger partial charge < -0.3 is 19.9 Å². The zero-order chi connectivity index (χ0) is 18.5. The van der Waals surface area contributed by atoms with Crippen molar-refractivity contribution in [2.24, 2.45) is 0 Å². The maximum absolute atomic E-state index is 12.2. The molecule has 0 aliphatic heterocycles. The van der Waals surface area contributed by atoms with E-state index >= 15 is 0 Å². The van der Waals surface area contributed by atoms with Crippen LogP contribution in [0.25, 0.3) is 11.0 Å². The lowest BCUT2D eigenvalue weighted by atomic mass is 10.1. The molecule has 0 fully saturated rings. The molecule has 26 heavy (non-hydrogen) atoms. The van der Waals surface area contributed by atoms with Crippen LogP contribution in [0.2, 0.25) is 0 Å². The molecule has 3 rings (SSSR count). The van der Waals surface area contributed by atoms with E-state index in [1.807, 2.05) is 25.1 Å². The summed E-state index contributed by atoms with van der Waals surface area (Å²) in [5.74, 6) is -0.485. The molecule has 2 aromatic carbocycles. The molecule has 0 aliphatic rings. The molecule has 0 spiro atoms. The number of fused-ring (bicyclic) bond motifs is 1. The van der Waals surface area contributed by atoms with E-state index in [0.29, 0.717) is 22.5 Å². The summed E-state index contributed by atoms with van der Waals surface area (Å²) >= 11 is 0. The summed E-state index contributed by atoms with van der Waals surface area (Å²) in [6.07, 6.45) is 0. The van der Waals surface area contributed by atoms with E-state index in [4.69, 9.17) is 9.26 Å². The molecule has 134 valence electrons. The number of nitrogens with one attached hydrogen (secondary N) is 2. The smallest absolute Gasteiger partial charge is 0.340 e. The van der Waals surface area contributed by atoms with Crippen LogP contribution in [0.4, 0.5) is 10.5 Å². The third-order valence-electron chi connectivity index (χ3n) is 3.79. The van der Waals surface area contributed by atoms with Crippen LogP contribution in [-0.2, 0) is 11.3 Å². The van der Waals surface area contributed by atoms with Crippen LogP contribution < -0.4 is 10.6 Å². The molecule has 0 saturated heterocycles. The lowest BCUT2D eigenvalue weighted by Crippen LogP contribution is -2.29. The van der Waals surface area contributed by atoms with Crippen molar-refractivity contribution in [1.82, 2.24) is 10.5 Å². The number of hydrogen-bond donors (Lipinski definition) is 2. The van der Waals surface area contributed by atoms with Crippen LogP contribution in [0, 0.1) is 6.92 Å². The van der Waals surface area contributed by atoms with E-state index in [1.165, 1.54) is 0 Å². The Labute approximate surface area is 150 Å². The number of carbonyl (C=O) groups is 2. The molecule has 0 bridgehead atoms. The lowest BCUT2D eigenvalue weighted by Gasteiger charge is -2.10. The average Bonchev–Trinajstić information content (AvgIpc) is 3.02. The number of rotatable bonds is 5. The summed E-state index contributed by atoms with van der Waals surface area (Å²) in [5.41, 5.74) is 3.06. The monoisotopic (exact) mass is 353 g/mol. The minimum absolute atomic E-state index is 0.198. The van der Waals surface area contributed by atoms with Gasteiger partial charge in [0.1, 0.15) is 5.69 Å². The predicted octanol–water partition coefficient (Wildman–Crippen LogP) is 3.63. The van der Waals surface area contributed by atoms with Crippen LogP contribution in [0.15, 0.2) is 47.0 Å². The molecular formula is C19H19N3O4. The third-order valence-corrected chi connectivity index (χ3v) is 3.79. The van der Waals surface area contributed by atoms with Gasteiger partial charge >= 0.3 is 12.0 Å². The molecule has 1 heterocycles. The number of nitrogens with zero attached hydrogens (tertiary/aromatic N) is 1. The van der Waals surface area contributed by atoms with Crippen molar-refractivity contribution in [2.75, 3.05) is 11.9 Å². The summed E-state index contributed by atoms with van der Waals surface area (Å²) in [5, 5.41) is 10.2. The second kappa shape index (κ2) is 7.69. The number of hydrogen-bond acceptors (Lipinski definition) is 5. The minimum Gasteiger partial charge on any atom is -0.462 e. The fourth-order valence-electron chi connectivity index (χ4n) is 2.54. The molecule has 7 heteroatoms. The van der Waals surface area contributed by atoms with Crippen LogP contribution in [0.3, 0.4) is 0 Å². The molecule has 0 unspecified atom stereocenters. The molecule has 1 aromatic heterocycles. The summed E-state index contributed by atoms with van der Waals surface area (Å²) in [4.78, 5) is 24.2. The Bertz CT molecular complexity index is 949. The van der Waals surface area contributed by atoms with Crippen molar-refractivity contribution in [3.8, 4) is 0 Å². The van der Waals surface area contributed by atoms with Crippen LogP contribution >= 0.6 is 0 Å². The van der Waals surface area contributed by atoms with Crippen LogP contribution in [0.5, 0.6) is 0 Å². The van der Waals surface area contributed by atoms with Gasteiger partial charge in [0.2, 0.25) is 0 Å². The first-order valence-electron chi connectivity index (χ1n) is 8.24. The van der Waals surface area contributed by atoms with Gasteiger partial charge in [0, 0.05) is 5.39 Å². The first-order chi connectivity index (χ1) is 12.6. The maximum Gasteiger partial charge on any atom is 0.340 e. The number of benzene rings is 2. The summed E-state index contributed by atoms with van der Waals surface area (Å²) in [6, 6.07) is 12.0. The second-order valence-electron chi connectivity index (χ2n) is 5.70. The molecule has 2 amide bonds. The number of aromatic nitrogens is 1. The van der Waals surface area contributed by atoms with Gasteiger partial charge in [-0.25, -0.2) is 9.59 Å². The highest BCUT2D eigenvalue weighted by atomic mass is 16.5. The van der Waals surface area contributed by atoms with Crippen LogP contribution in [-0.4, -0.2) is 23.8 Å². The van der Waals surface area contributed by atoms with Gasteiger partial charge in [0.15, 0.2) is 5.58 Å². The van der Waals surface area contributed by atoms with Gasteiger partial charge in [-0.1, -0.05) is 28.9 Å². The summed E-state index contributed by atoms with van der Waals surface area (Å²) < 4.78 is 10.2. The number of anilines is 1. The number of para-hydroxylation sites is 1.